The van der Waals surface area contributed by atoms with E-state index in [1.807, 2.05) is 22.6 Å². The predicted molar refractivity (Wildman–Crippen MR) is 102 cm³/mol. The molecule has 3 aromatic rings. The second-order valence-electron chi connectivity index (χ2n) is 7.13. The number of carbonyl (C=O) groups excluding carboxylic acids is 1. The maximum atomic E-state index is 13.0. The molecule has 142 valence electrons. The van der Waals surface area contributed by atoms with Crippen molar-refractivity contribution in [2.24, 2.45) is 0 Å². The highest BCUT2D eigenvalue weighted by molar-refractivity contribution is 5.83. The standard InChI is InChI=1S/C18H24N8O/c1-12(2)16-19-4-5-26(16)13(3)18(27)25-8-6-24(7-9-25)17-14-15(21-10-20-14)22-11-23-17/h4-5,10-13H,6-9H2,1-3H3,(H,20,21,22,23)/t13-/m0/s1. The van der Waals surface area contributed by atoms with Gasteiger partial charge in [-0.25, -0.2) is 19.9 Å². The van der Waals surface area contributed by atoms with Crippen LogP contribution < -0.4 is 4.90 Å². The molecule has 0 spiro atoms. The van der Waals surface area contributed by atoms with Gasteiger partial charge in [-0.3, -0.25) is 4.79 Å². The zero-order chi connectivity index (χ0) is 19.0. The minimum Gasteiger partial charge on any atom is -0.351 e. The van der Waals surface area contributed by atoms with E-state index < -0.39 is 0 Å². The molecule has 1 amide bonds. The molecule has 1 fully saturated rings. The molecule has 0 aliphatic carbocycles. The molecule has 4 rings (SSSR count). The zero-order valence-electron chi connectivity index (χ0n) is 15.8. The number of rotatable bonds is 4. The Morgan fingerprint density at radius 3 is 2.59 bits per heavy atom. The molecule has 1 aliphatic rings. The van der Waals surface area contributed by atoms with E-state index in [-0.39, 0.29) is 17.9 Å². The monoisotopic (exact) mass is 368 g/mol. The van der Waals surface area contributed by atoms with Crippen molar-refractivity contribution in [3.63, 3.8) is 0 Å². The minimum atomic E-state index is -0.255. The number of anilines is 1. The molecule has 1 saturated heterocycles. The SMILES string of the molecule is CC(C)c1nccn1[C@@H](C)C(=O)N1CCN(c2ncnc3nc[nH]c23)CC1. The summed E-state index contributed by atoms with van der Waals surface area (Å²) < 4.78 is 1.98. The van der Waals surface area contributed by atoms with E-state index in [1.165, 1.54) is 6.33 Å². The van der Waals surface area contributed by atoms with Crippen LogP contribution in [0.5, 0.6) is 0 Å². The molecule has 0 unspecified atom stereocenters. The zero-order valence-corrected chi connectivity index (χ0v) is 15.8. The van der Waals surface area contributed by atoms with Gasteiger partial charge in [0.25, 0.3) is 0 Å². The van der Waals surface area contributed by atoms with Gasteiger partial charge in [0, 0.05) is 44.5 Å². The Bertz CT molecular complexity index is 938. The highest BCUT2D eigenvalue weighted by atomic mass is 16.2. The number of nitrogens with zero attached hydrogens (tertiary/aromatic N) is 7. The van der Waals surface area contributed by atoms with E-state index in [1.54, 1.807) is 12.5 Å². The van der Waals surface area contributed by atoms with Crippen LogP contribution in [0.3, 0.4) is 0 Å². The van der Waals surface area contributed by atoms with Crippen molar-refractivity contribution >= 4 is 22.9 Å². The molecule has 9 heteroatoms. The van der Waals surface area contributed by atoms with Crippen molar-refractivity contribution in [2.45, 2.75) is 32.7 Å². The van der Waals surface area contributed by atoms with Crippen molar-refractivity contribution in [1.29, 1.82) is 0 Å². The van der Waals surface area contributed by atoms with Gasteiger partial charge in [0.15, 0.2) is 11.5 Å². The van der Waals surface area contributed by atoms with E-state index in [4.69, 9.17) is 0 Å². The summed E-state index contributed by atoms with van der Waals surface area (Å²) in [4.78, 5) is 37.4. The van der Waals surface area contributed by atoms with Crippen LogP contribution in [0.1, 0.15) is 38.6 Å². The number of aromatic amines is 1. The Labute approximate surface area is 157 Å². The molecule has 3 aromatic heterocycles. The number of H-pyrrole nitrogens is 1. The van der Waals surface area contributed by atoms with Gasteiger partial charge in [0.1, 0.15) is 23.7 Å². The number of nitrogens with one attached hydrogen (secondary N) is 1. The molecule has 0 radical (unpaired) electrons. The van der Waals surface area contributed by atoms with Crippen molar-refractivity contribution in [1.82, 2.24) is 34.4 Å². The summed E-state index contributed by atoms with van der Waals surface area (Å²) in [5, 5.41) is 0. The second-order valence-corrected chi connectivity index (χ2v) is 7.13. The molecular formula is C18H24N8O. The summed E-state index contributed by atoms with van der Waals surface area (Å²) in [6.45, 7) is 8.90. The average molecular weight is 368 g/mol. The first kappa shape index (κ1) is 17.4. The van der Waals surface area contributed by atoms with Gasteiger partial charge < -0.3 is 19.4 Å². The summed E-state index contributed by atoms with van der Waals surface area (Å²) in [6.07, 6.45) is 6.82. The Hall–Kier alpha value is -2.97. The van der Waals surface area contributed by atoms with Gasteiger partial charge in [0.05, 0.1) is 6.33 Å². The first-order valence-electron chi connectivity index (χ1n) is 9.26. The van der Waals surface area contributed by atoms with Crippen molar-refractivity contribution < 1.29 is 4.79 Å². The second kappa shape index (κ2) is 6.98. The summed E-state index contributed by atoms with van der Waals surface area (Å²) >= 11 is 0. The lowest BCUT2D eigenvalue weighted by atomic mass is 10.2. The third kappa shape index (κ3) is 3.13. The number of hydrogen-bond acceptors (Lipinski definition) is 6. The molecule has 0 bridgehead atoms. The molecule has 1 aliphatic heterocycles. The Kier molecular flexibility index (Phi) is 4.51. The quantitative estimate of drug-likeness (QED) is 0.751. The molecule has 1 atom stereocenters. The number of hydrogen-bond donors (Lipinski definition) is 1. The van der Waals surface area contributed by atoms with E-state index in [2.05, 4.69) is 43.7 Å². The fourth-order valence-electron chi connectivity index (χ4n) is 3.61. The van der Waals surface area contributed by atoms with Crippen molar-refractivity contribution in [3.05, 3.63) is 30.9 Å². The molecule has 0 saturated carbocycles. The summed E-state index contributed by atoms with van der Waals surface area (Å²) in [5.74, 6) is 2.19. The van der Waals surface area contributed by atoms with Crippen LogP contribution in [0.25, 0.3) is 11.2 Å². The van der Waals surface area contributed by atoms with Gasteiger partial charge in [-0.15, -0.1) is 0 Å². The maximum absolute atomic E-state index is 13.0. The first-order chi connectivity index (χ1) is 13.1. The lowest BCUT2D eigenvalue weighted by Crippen LogP contribution is -2.50. The van der Waals surface area contributed by atoms with E-state index >= 15 is 0 Å². The van der Waals surface area contributed by atoms with Crippen LogP contribution in [-0.4, -0.2) is 66.5 Å². The van der Waals surface area contributed by atoms with Crippen LogP contribution in [0.2, 0.25) is 0 Å². The van der Waals surface area contributed by atoms with Crippen molar-refractivity contribution in [2.75, 3.05) is 31.1 Å². The fraction of sp³-hybridized carbons (Fsp3) is 0.500. The van der Waals surface area contributed by atoms with Gasteiger partial charge >= 0.3 is 0 Å². The summed E-state index contributed by atoms with van der Waals surface area (Å²) in [7, 11) is 0. The maximum Gasteiger partial charge on any atom is 0.245 e. The highest BCUT2D eigenvalue weighted by Crippen LogP contribution is 2.23. The van der Waals surface area contributed by atoms with Crippen LogP contribution in [0.15, 0.2) is 25.0 Å². The topological polar surface area (TPSA) is 95.8 Å². The Balaban J connectivity index is 1.45. The van der Waals surface area contributed by atoms with Crippen LogP contribution in [0, 0.1) is 0 Å². The Morgan fingerprint density at radius 2 is 1.85 bits per heavy atom. The lowest BCUT2D eigenvalue weighted by Gasteiger charge is -2.36. The predicted octanol–water partition coefficient (Wildman–Crippen LogP) is 1.58. The van der Waals surface area contributed by atoms with E-state index in [9.17, 15) is 4.79 Å². The van der Waals surface area contributed by atoms with E-state index in [0.29, 0.717) is 18.7 Å². The normalized spacial score (nSPS) is 16.3. The number of aromatic nitrogens is 6. The summed E-state index contributed by atoms with van der Waals surface area (Å²) in [5.41, 5.74) is 1.50. The highest BCUT2D eigenvalue weighted by Gasteiger charge is 2.28. The molecular weight excluding hydrogens is 344 g/mol. The molecule has 1 N–H and O–H groups in total. The smallest absolute Gasteiger partial charge is 0.245 e. The molecule has 4 heterocycles. The van der Waals surface area contributed by atoms with Gasteiger partial charge in [0.2, 0.25) is 5.91 Å². The third-order valence-electron chi connectivity index (χ3n) is 5.08. The third-order valence-corrected chi connectivity index (χ3v) is 5.08. The molecule has 0 aromatic carbocycles. The van der Waals surface area contributed by atoms with Gasteiger partial charge in [-0.1, -0.05) is 13.8 Å². The first-order valence-corrected chi connectivity index (χ1v) is 9.26. The van der Waals surface area contributed by atoms with Crippen molar-refractivity contribution in [3.8, 4) is 0 Å². The number of fused-ring (bicyclic) bond motifs is 1. The average Bonchev–Trinajstić information content (AvgIpc) is 3.36. The van der Waals surface area contributed by atoms with Crippen LogP contribution in [-0.2, 0) is 4.79 Å². The van der Waals surface area contributed by atoms with Crippen LogP contribution >= 0.6 is 0 Å². The Morgan fingerprint density at radius 1 is 1.07 bits per heavy atom. The fourth-order valence-corrected chi connectivity index (χ4v) is 3.61. The number of amides is 1. The minimum absolute atomic E-state index is 0.129. The number of carbonyl (C=O) groups is 1. The summed E-state index contributed by atoms with van der Waals surface area (Å²) in [6, 6.07) is -0.255. The largest absolute Gasteiger partial charge is 0.351 e. The van der Waals surface area contributed by atoms with E-state index in [0.717, 1.165) is 30.2 Å². The van der Waals surface area contributed by atoms with Gasteiger partial charge in [-0.05, 0) is 6.92 Å². The van der Waals surface area contributed by atoms with Crippen LogP contribution in [0.4, 0.5) is 5.82 Å². The lowest BCUT2D eigenvalue weighted by molar-refractivity contribution is -0.134. The molecule has 9 nitrogen and oxygen atoms in total. The molecule has 27 heavy (non-hydrogen) atoms. The van der Waals surface area contributed by atoms with Gasteiger partial charge in [-0.2, -0.15) is 0 Å². The number of imidazole rings is 2. The number of piperazine rings is 1.